The Kier molecular flexibility index (Phi) is 10.1. The maximum Gasteiger partial charge on any atom is 0.303 e. The van der Waals surface area contributed by atoms with E-state index in [0.29, 0.717) is 23.0 Å². The largest absolute Gasteiger partial charge is 0.481 e. The second-order valence-electron chi connectivity index (χ2n) is 6.58. The summed E-state index contributed by atoms with van der Waals surface area (Å²) in [7, 11) is -1.91. The van der Waals surface area contributed by atoms with Crippen molar-refractivity contribution in [1.82, 2.24) is 0 Å². The molecule has 0 saturated heterocycles. The van der Waals surface area contributed by atoms with Crippen LogP contribution < -0.4 is 0 Å². The average molecular weight is 426 g/mol. The van der Waals surface area contributed by atoms with E-state index in [1.54, 1.807) is 0 Å². The Balaban J connectivity index is 5.09. The molecule has 0 saturated carbocycles. The molecular formula is C16H31IO3Si. The molecule has 0 bridgehead atoms. The van der Waals surface area contributed by atoms with Gasteiger partial charge in [-0.05, 0) is 33.5 Å². The van der Waals surface area contributed by atoms with E-state index in [0.717, 1.165) is 6.42 Å². The predicted molar refractivity (Wildman–Crippen MR) is 101 cm³/mol. The minimum Gasteiger partial charge on any atom is -0.481 e. The second kappa shape index (κ2) is 10.00. The molecule has 0 heterocycles. The van der Waals surface area contributed by atoms with Gasteiger partial charge in [-0.1, -0.05) is 70.2 Å². The fraction of sp³-hybridized carbons (Fsp3) is 0.812. The summed E-state index contributed by atoms with van der Waals surface area (Å²) in [6.07, 6.45) is 3.79. The molecule has 1 N–H and O–H groups in total. The molecule has 0 aromatic heterocycles. The molecule has 0 radical (unpaired) electrons. The zero-order valence-corrected chi connectivity index (χ0v) is 17.4. The number of halogens is 1. The normalized spacial score (nSPS) is 14.6. The summed E-state index contributed by atoms with van der Waals surface area (Å²) >= 11 is 2.21. The van der Waals surface area contributed by atoms with Crippen molar-refractivity contribution >= 4 is 36.9 Å². The third-order valence-corrected chi connectivity index (χ3v) is 10.8. The molecule has 124 valence electrons. The van der Waals surface area contributed by atoms with E-state index in [-0.39, 0.29) is 12.5 Å². The van der Waals surface area contributed by atoms with E-state index in [4.69, 9.17) is 9.53 Å². The summed E-state index contributed by atoms with van der Waals surface area (Å²) in [6.45, 7) is 13.6. The lowest BCUT2D eigenvalue weighted by Gasteiger charge is -2.44. The Labute approximate surface area is 144 Å². The second-order valence-corrected chi connectivity index (χ2v) is 12.7. The summed E-state index contributed by atoms with van der Waals surface area (Å²) in [5.41, 5.74) is 1.63. The molecule has 21 heavy (non-hydrogen) atoms. The van der Waals surface area contributed by atoms with E-state index in [1.165, 1.54) is 0 Å². The molecule has 0 aliphatic rings. The minimum atomic E-state index is -1.91. The van der Waals surface area contributed by atoms with Gasteiger partial charge in [0.25, 0.3) is 0 Å². The Morgan fingerprint density at radius 2 is 1.62 bits per heavy atom. The molecule has 5 heteroatoms. The van der Waals surface area contributed by atoms with Crippen molar-refractivity contribution in [2.45, 2.75) is 83.5 Å². The van der Waals surface area contributed by atoms with Gasteiger partial charge in [-0.25, -0.2) is 0 Å². The van der Waals surface area contributed by atoms with Crippen molar-refractivity contribution in [1.29, 1.82) is 0 Å². The number of carboxylic acids is 1. The van der Waals surface area contributed by atoms with Crippen molar-refractivity contribution in [3.8, 4) is 0 Å². The fourth-order valence-electron chi connectivity index (χ4n) is 3.40. The molecule has 0 aliphatic carbocycles. The highest BCUT2D eigenvalue weighted by Gasteiger charge is 2.46. The van der Waals surface area contributed by atoms with Crippen LogP contribution in [0.5, 0.6) is 0 Å². The van der Waals surface area contributed by atoms with Crippen LogP contribution in [0.1, 0.15) is 60.8 Å². The summed E-state index contributed by atoms with van der Waals surface area (Å²) in [5.74, 6) is -0.729. The van der Waals surface area contributed by atoms with Crippen molar-refractivity contribution in [2.75, 3.05) is 0 Å². The first-order chi connectivity index (χ1) is 9.68. The number of hydrogen-bond donors (Lipinski definition) is 1. The van der Waals surface area contributed by atoms with Gasteiger partial charge in [0.15, 0.2) is 0 Å². The van der Waals surface area contributed by atoms with Gasteiger partial charge in [-0.15, -0.1) is 0 Å². The quantitative estimate of drug-likeness (QED) is 0.357. The molecule has 0 unspecified atom stereocenters. The van der Waals surface area contributed by atoms with Crippen LogP contribution >= 0.6 is 22.6 Å². The molecule has 0 aliphatic heterocycles. The van der Waals surface area contributed by atoms with Gasteiger partial charge in [0.2, 0.25) is 8.32 Å². The topological polar surface area (TPSA) is 46.5 Å². The van der Waals surface area contributed by atoms with Crippen LogP contribution in [0.2, 0.25) is 16.6 Å². The first-order valence-electron chi connectivity index (χ1n) is 7.84. The fourth-order valence-corrected chi connectivity index (χ4v) is 9.40. The lowest BCUT2D eigenvalue weighted by Crippen LogP contribution is -2.49. The van der Waals surface area contributed by atoms with Crippen molar-refractivity contribution in [3.05, 3.63) is 10.2 Å². The van der Waals surface area contributed by atoms with E-state index in [9.17, 15) is 4.79 Å². The van der Waals surface area contributed by atoms with Gasteiger partial charge in [0.1, 0.15) is 0 Å². The van der Waals surface area contributed by atoms with Gasteiger partial charge in [-0.2, -0.15) is 0 Å². The first kappa shape index (κ1) is 21.1. The molecule has 1 atom stereocenters. The SMILES string of the molecule is CC(C)[Si](O[C@H](/C=C/I)CCCC(=O)O)(C(C)C)C(C)C. The Morgan fingerprint density at radius 3 is 1.95 bits per heavy atom. The molecular weight excluding hydrogens is 395 g/mol. The number of hydrogen-bond acceptors (Lipinski definition) is 2. The number of carbonyl (C=O) groups is 1. The lowest BCUT2D eigenvalue weighted by molar-refractivity contribution is -0.137. The monoisotopic (exact) mass is 426 g/mol. The Hall–Kier alpha value is 0.117. The van der Waals surface area contributed by atoms with E-state index < -0.39 is 14.3 Å². The Morgan fingerprint density at radius 1 is 1.14 bits per heavy atom. The van der Waals surface area contributed by atoms with Gasteiger partial charge < -0.3 is 9.53 Å². The zero-order valence-electron chi connectivity index (χ0n) is 14.2. The van der Waals surface area contributed by atoms with E-state index in [2.05, 4.69) is 70.2 Å². The van der Waals surface area contributed by atoms with Crippen LogP contribution in [0, 0.1) is 0 Å². The maximum absolute atomic E-state index is 10.7. The third kappa shape index (κ3) is 6.40. The summed E-state index contributed by atoms with van der Waals surface area (Å²) < 4.78 is 8.69. The van der Waals surface area contributed by atoms with Crippen LogP contribution in [-0.4, -0.2) is 25.5 Å². The number of aliphatic carboxylic acids is 1. The minimum absolute atomic E-state index is 0.0418. The van der Waals surface area contributed by atoms with Gasteiger partial charge in [0.05, 0.1) is 6.10 Å². The number of carboxylic acid groups (broad SMARTS) is 1. The first-order valence-corrected chi connectivity index (χ1v) is 11.2. The zero-order chi connectivity index (χ0) is 16.6. The smallest absolute Gasteiger partial charge is 0.303 e. The van der Waals surface area contributed by atoms with Gasteiger partial charge in [0, 0.05) is 6.42 Å². The van der Waals surface area contributed by atoms with Gasteiger partial charge >= 0.3 is 5.97 Å². The highest BCUT2D eigenvalue weighted by molar-refractivity contribution is 14.1. The Bertz CT molecular complexity index is 319. The summed E-state index contributed by atoms with van der Waals surface area (Å²) in [5, 5.41) is 8.80. The highest BCUT2D eigenvalue weighted by atomic mass is 127. The standard InChI is InChI=1S/C16H31IO3Si/c1-12(2)21(13(3)4,14(5)6)20-15(10-11-17)8-7-9-16(18)19/h10-15H,7-9H2,1-6H3,(H,18,19)/b11-10+/t15-/m0/s1. The van der Waals surface area contributed by atoms with E-state index in [1.807, 2.05) is 4.08 Å². The molecule has 0 aromatic carbocycles. The highest BCUT2D eigenvalue weighted by Crippen LogP contribution is 2.43. The maximum atomic E-state index is 10.7. The molecule has 3 nitrogen and oxygen atoms in total. The van der Waals surface area contributed by atoms with Crippen LogP contribution in [0.25, 0.3) is 0 Å². The van der Waals surface area contributed by atoms with E-state index >= 15 is 0 Å². The predicted octanol–water partition coefficient (Wildman–Crippen LogP) is 5.75. The van der Waals surface area contributed by atoms with Crippen molar-refractivity contribution < 1.29 is 14.3 Å². The van der Waals surface area contributed by atoms with Crippen LogP contribution in [0.3, 0.4) is 0 Å². The summed E-state index contributed by atoms with van der Waals surface area (Å²) in [6, 6.07) is 0. The van der Waals surface area contributed by atoms with Crippen LogP contribution in [-0.2, 0) is 9.22 Å². The van der Waals surface area contributed by atoms with Crippen LogP contribution in [0.4, 0.5) is 0 Å². The summed E-state index contributed by atoms with van der Waals surface area (Å²) in [4.78, 5) is 10.7. The van der Waals surface area contributed by atoms with Crippen molar-refractivity contribution in [2.24, 2.45) is 0 Å². The molecule has 0 rings (SSSR count). The molecule has 0 spiro atoms. The third-order valence-electron chi connectivity index (χ3n) is 4.23. The molecule has 0 amide bonds. The molecule has 0 fully saturated rings. The molecule has 0 aromatic rings. The van der Waals surface area contributed by atoms with Crippen molar-refractivity contribution in [3.63, 3.8) is 0 Å². The van der Waals surface area contributed by atoms with Gasteiger partial charge in [-0.3, -0.25) is 4.79 Å². The van der Waals surface area contributed by atoms with Crippen LogP contribution in [0.15, 0.2) is 10.2 Å². The average Bonchev–Trinajstić information content (AvgIpc) is 2.33. The number of rotatable bonds is 10. The lowest BCUT2D eigenvalue weighted by atomic mass is 10.1.